The molecule has 0 amide bonds. The minimum atomic E-state index is -0.241. The first-order valence-corrected chi connectivity index (χ1v) is 6.41. The van der Waals surface area contributed by atoms with E-state index in [-0.39, 0.29) is 5.82 Å². The molecule has 98 valence electrons. The lowest BCUT2D eigenvalue weighted by Gasteiger charge is -2.12. The molecule has 4 heteroatoms. The largest absolute Gasteiger partial charge is 0.455 e. The highest BCUT2D eigenvalue weighted by atomic mass is 19.1. The number of nitrogens with one attached hydrogen (secondary N) is 1. The summed E-state index contributed by atoms with van der Waals surface area (Å²) >= 11 is 0. The monoisotopic (exact) mass is 258 g/mol. The Kier molecular flexibility index (Phi) is 3.42. The van der Waals surface area contributed by atoms with E-state index in [0.717, 1.165) is 0 Å². The van der Waals surface area contributed by atoms with Gasteiger partial charge in [0.2, 0.25) is 0 Å². The van der Waals surface area contributed by atoms with Gasteiger partial charge in [-0.1, -0.05) is 6.07 Å². The van der Waals surface area contributed by atoms with Crippen molar-refractivity contribution in [1.82, 2.24) is 10.3 Å². The lowest BCUT2D eigenvalue weighted by molar-refractivity contribution is 0.460. The van der Waals surface area contributed by atoms with Crippen LogP contribution in [0.1, 0.15) is 18.4 Å². The van der Waals surface area contributed by atoms with Crippen LogP contribution < -0.4 is 10.1 Å². The van der Waals surface area contributed by atoms with Crippen molar-refractivity contribution in [3.05, 3.63) is 54.1 Å². The summed E-state index contributed by atoms with van der Waals surface area (Å²) in [6.07, 6.45) is 5.64. The van der Waals surface area contributed by atoms with Crippen molar-refractivity contribution in [2.75, 3.05) is 0 Å². The number of halogens is 1. The maximum absolute atomic E-state index is 13.9. The molecule has 3 nitrogen and oxygen atoms in total. The third-order valence-corrected chi connectivity index (χ3v) is 3.08. The molecule has 0 atom stereocenters. The van der Waals surface area contributed by atoms with Crippen LogP contribution in [0.4, 0.5) is 4.39 Å². The summed E-state index contributed by atoms with van der Waals surface area (Å²) in [5.74, 6) is 0.913. The lowest BCUT2D eigenvalue weighted by Crippen LogP contribution is -2.16. The standard InChI is InChI=1S/C15H15FN2O/c16-14-4-1-5-15(13(14)10-18-11-6-7-11)19-12-3-2-8-17-9-12/h1-5,8-9,11,18H,6-7,10H2. The van der Waals surface area contributed by atoms with E-state index in [1.807, 2.05) is 0 Å². The zero-order valence-corrected chi connectivity index (χ0v) is 10.5. The van der Waals surface area contributed by atoms with E-state index in [0.29, 0.717) is 29.6 Å². The van der Waals surface area contributed by atoms with Crippen LogP contribution in [-0.2, 0) is 6.54 Å². The van der Waals surface area contributed by atoms with E-state index >= 15 is 0 Å². The van der Waals surface area contributed by atoms with Crippen molar-refractivity contribution in [2.24, 2.45) is 0 Å². The Morgan fingerprint density at radius 3 is 2.89 bits per heavy atom. The van der Waals surface area contributed by atoms with Gasteiger partial charge in [-0.25, -0.2) is 4.39 Å². The molecule has 1 aromatic heterocycles. The summed E-state index contributed by atoms with van der Waals surface area (Å²) in [6, 6.07) is 9.01. The van der Waals surface area contributed by atoms with Gasteiger partial charge in [-0.15, -0.1) is 0 Å². The number of hydrogen-bond donors (Lipinski definition) is 1. The number of rotatable bonds is 5. The molecule has 1 aromatic carbocycles. The molecule has 0 unspecified atom stereocenters. The number of benzene rings is 1. The lowest BCUT2D eigenvalue weighted by atomic mass is 10.2. The SMILES string of the molecule is Fc1cccc(Oc2cccnc2)c1CNC1CC1. The highest BCUT2D eigenvalue weighted by Crippen LogP contribution is 2.28. The average molecular weight is 258 g/mol. The fourth-order valence-corrected chi connectivity index (χ4v) is 1.87. The number of pyridine rings is 1. The summed E-state index contributed by atoms with van der Waals surface area (Å²) in [5, 5.41) is 3.30. The summed E-state index contributed by atoms with van der Waals surface area (Å²) in [6.45, 7) is 0.493. The first kappa shape index (κ1) is 12.1. The van der Waals surface area contributed by atoms with Gasteiger partial charge in [0.15, 0.2) is 0 Å². The van der Waals surface area contributed by atoms with E-state index in [2.05, 4.69) is 10.3 Å². The molecule has 0 saturated heterocycles. The molecule has 1 aliphatic carbocycles. The summed E-state index contributed by atoms with van der Waals surface area (Å²) < 4.78 is 19.6. The smallest absolute Gasteiger partial charge is 0.145 e. The van der Waals surface area contributed by atoms with Gasteiger partial charge in [0.25, 0.3) is 0 Å². The fraction of sp³-hybridized carbons (Fsp3) is 0.267. The Morgan fingerprint density at radius 1 is 1.26 bits per heavy atom. The van der Waals surface area contributed by atoms with Crippen LogP contribution in [0.3, 0.4) is 0 Å². The second kappa shape index (κ2) is 5.36. The van der Waals surface area contributed by atoms with E-state index in [1.54, 1.807) is 36.7 Å². The summed E-state index contributed by atoms with van der Waals surface area (Å²) in [5.41, 5.74) is 0.568. The third-order valence-electron chi connectivity index (χ3n) is 3.08. The van der Waals surface area contributed by atoms with Gasteiger partial charge in [-0.3, -0.25) is 4.98 Å². The highest BCUT2D eigenvalue weighted by Gasteiger charge is 2.21. The Balaban J connectivity index is 1.80. The molecule has 1 heterocycles. The van der Waals surface area contributed by atoms with Crippen molar-refractivity contribution in [3.63, 3.8) is 0 Å². The Hall–Kier alpha value is -1.94. The number of hydrogen-bond acceptors (Lipinski definition) is 3. The molecule has 0 aliphatic heterocycles. The van der Waals surface area contributed by atoms with Gasteiger partial charge >= 0.3 is 0 Å². The molecule has 0 spiro atoms. The van der Waals surface area contributed by atoms with Gasteiger partial charge < -0.3 is 10.1 Å². The second-order valence-corrected chi connectivity index (χ2v) is 4.66. The molecular weight excluding hydrogens is 243 g/mol. The molecule has 0 bridgehead atoms. The Labute approximate surface area is 111 Å². The normalized spacial score (nSPS) is 14.4. The fourth-order valence-electron chi connectivity index (χ4n) is 1.87. The van der Waals surface area contributed by atoms with Crippen LogP contribution in [0.25, 0.3) is 0 Å². The molecule has 1 saturated carbocycles. The predicted molar refractivity (Wildman–Crippen MR) is 70.6 cm³/mol. The van der Waals surface area contributed by atoms with Crippen molar-refractivity contribution in [3.8, 4) is 11.5 Å². The van der Waals surface area contributed by atoms with Crippen LogP contribution in [0.5, 0.6) is 11.5 Å². The molecule has 19 heavy (non-hydrogen) atoms. The van der Waals surface area contributed by atoms with Gasteiger partial charge in [-0.2, -0.15) is 0 Å². The maximum atomic E-state index is 13.9. The quantitative estimate of drug-likeness (QED) is 0.893. The maximum Gasteiger partial charge on any atom is 0.145 e. The van der Waals surface area contributed by atoms with Crippen LogP contribution in [0.15, 0.2) is 42.7 Å². The Morgan fingerprint density at radius 2 is 2.16 bits per heavy atom. The van der Waals surface area contributed by atoms with Gasteiger partial charge in [0.1, 0.15) is 17.3 Å². The second-order valence-electron chi connectivity index (χ2n) is 4.66. The molecule has 1 N–H and O–H groups in total. The summed E-state index contributed by atoms with van der Waals surface area (Å²) in [4.78, 5) is 3.98. The van der Waals surface area contributed by atoms with Gasteiger partial charge in [0, 0.05) is 24.3 Å². The molecule has 1 fully saturated rings. The molecular formula is C15H15FN2O. The minimum Gasteiger partial charge on any atom is -0.455 e. The minimum absolute atomic E-state index is 0.241. The molecule has 0 radical (unpaired) electrons. The highest BCUT2D eigenvalue weighted by molar-refractivity contribution is 5.38. The zero-order valence-electron chi connectivity index (χ0n) is 10.5. The van der Waals surface area contributed by atoms with Crippen molar-refractivity contribution in [2.45, 2.75) is 25.4 Å². The average Bonchev–Trinajstić information content (AvgIpc) is 3.23. The predicted octanol–water partition coefficient (Wildman–Crippen LogP) is 3.27. The zero-order chi connectivity index (χ0) is 13.1. The van der Waals surface area contributed by atoms with Crippen molar-refractivity contribution >= 4 is 0 Å². The topological polar surface area (TPSA) is 34.1 Å². The first-order chi connectivity index (χ1) is 9.33. The summed E-state index contributed by atoms with van der Waals surface area (Å²) in [7, 11) is 0. The van der Waals surface area contributed by atoms with Crippen molar-refractivity contribution < 1.29 is 9.13 Å². The van der Waals surface area contributed by atoms with Crippen LogP contribution in [0.2, 0.25) is 0 Å². The molecule has 3 rings (SSSR count). The van der Waals surface area contributed by atoms with Crippen molar-refractivity contribution in [1.29, 1.82) is 0 Å². The molecule has 2 aromatic rings. The van der Waals surface area contributed by atoms with Crippen LogP contribution >= 0.6 is 0 Å². The van der Waals surface area contributed by atoms with Gasteiger partial charge in [0.05, 0.1) is 6.20 Å². The number of nitrogens with zero attached hydrogens (tertiary/aromatic N) is 1. The third kappa shape index (κ3) is 3.09. The van der Waals surface area contributed by atoms with E-state index in [9.17, 15) is 4.39 Å². The van der Waals surface area contributed by atoms with Crippen LogP contribution in [-0.4, -0.2) is 11.0 Å². The number of aromatic nitrogens is 1. The van der Waals surface area contributed by atoms with E-state index < -0.39 is 0 Å². The molecule has 1 aliphatic rings. The van der Waals surface area contributed by atoms with Crippen LogP contribution in [0, 0.1) is 5.82 Å². The Bertz CT molecular complexity index is 555. The van der Waals surface area contributed by atoms with E-state index in [1.165, 1.54) is 18.9 Å². The van der Waals surface area contributed by atoms with E-state index in [4.69, 9.17) is 4.74 Å². The first-order valence-electron chi connectivity index (χ1n) is 6.41. The van der Waals surface area contributed by atoms with Gasteiger partial charge in [-0.05, 0) is 37.1 Å². The number of ether oxygens (including phenoxy) is 1.